The van der Waals surface area contributed by atoms with E-state index in [0.29, 0.717) is 5.78 Å². The fraction of sp³-hybridized carbons (Fsp3) is 0.769. The second kappa shape index (κ2) is 6.24. The Balaban J connectivity index is 2.09. The molecule has 1 aliphatic rings. The predicted molar refractivity (Wildman–Crippen MR) is 69.4 cm³/mol. The highest BCUT2D eigenvalue weighted by molar-refractivity contribution is 7.08. The van der Waals surface area contributed by atoms with Gasteiger partial charge < -0.3 is 0 Å². The highest BCUT2D eigenvalue weighted by atomic mass is 32.1. The molecule has 2 rings (SSSR count). The van der Waals surface area contributed by atoms with E-state index >= 15 is 0 Å². The van der Waals surface area contributed by atoms with Crippen molar-refractivity contribution >= 4 is 17.3 Å². The molecular weight excluding hydrogens is 232 g/mol. The van der Waals surface area contributed by atoms with Crippen molar-refractivity contribution in [3.8, 4) is 0 Å². The molecule has 0 atom stereocenters. The largest absolute Gasteiger partial charge is 0.293 e. The first kappa shape index (κ1) is 12.7. The lowest BCUT2D eigenvalue weighted by Crippen LogP contribution is -2.14. The van der Waals surface area contributed by atoms with Gasteiger partial charge in [0.1, 0.15) is 4.88 Å². The zero-order valence-corrected chi connectivity index (χ0v) is 11.3. The molecule has 0 radical (unpaired) electrons. The van der Waals surface area contributed by atoms with Crippen molar-refractivity contribution in [2.45, 2.75) is 58.3 Å². The summed E-state index contributed by atoms with van der Waals surface area (Å²) in [5.74, 6) is 0.542. The van der Waals surface area contributed by atoms with Crippen molar-refractivity contribution in [3.05, 3.63) is 10.6 Å². The lowest BCUT2D eigenvalue weighted by molar-refractivity contribution is 0.0911. The Morgan fingerprint density at radius 3 is 2.65 bits per heavy atom. The third kappa shape index (κ3) is 3.12. The van der Waals surface area contributed by atoms with Gasteiger partial charge in [-0.3, -0.25) is 4.79 Å². The SMILES string of the molecule is CCCc1nnsc1C(=O)C1CCCCCC1. The number of carbonyl (C=O) groups is 1. The number of aromatic nitrogens is 2. The molecule has 17 heavy (non-hydrogen) atoms. The highest BCUT2D eigenvalue weighted by Crippen LogP contribution is 2.28. The summed E-state index contributed by atoms with van der Waals surface area (Å²) in [6.45, 7) is 2.11. The standard InChI is InChI=1S/C13H20N2OS/c1-2-7-11-13(17-15-14-11)12(16)10-8-5-3-4-6-9-10/h10H,2-9H2,1H3. The number of Topliss-reactive ketones (excluding diaryl/α,β-unsaturated/α-hetero) is 1. The van der Waals surface area contributed by atoms with Crippen molar-refractivity contribution in [1.82, 2.24) is 9.59 Å². The summed E-state index contributed by atoms with van der Waals surface area (Å²) in [6, 6.07) is 0. The molecule has 0 aliphatic heterocycles. The number of ketones is 1. The molecule has 94 valence electrons. The molecule has 3 nitrogen and oxygen atoms in total. The van der Waals surface area contributed by atoms with Gasteiger partial charge in [-0.05, 0) is 30.8 Å². The van der Waals surface area contributed by atoms with Crippen LogP contribution in [0.15, 0.2) is 0 Å². The van der Waals surface area contributed by atoms with Crippen LogP contribution in [0.25, 0.3) is 0 Å². The molecule has 1 saturated carbocycles. The molecule has 0 amide bonds. The highest BCUT2D eigenvalue weighted by Gasteiger charge is 2.25. The molecule has 0 spiro atoms. The maximum Gasteiger partial charge on any atom is 0.179 e. The van der Waals surface area contributed by atoms with Crippen molar-refractivity contribution in [3.63, 3.8) is 0 Å². The first-order valence-corrected chi connectivity index (χ1v) is 7.45. The molecular formula is C13H20N2OS. The molecule has 0 unspecified atom stereocenters. The normalized spacial score (nSPS) is 17.9. The van der Waals surface area contributed by atoms with Crippen LogP contribution in [0.3, 0.4) is 0 Å². The van der Waals surface area contributed by atoms with Gasteiger partial charge in [-0.25, -0.2) is 0 Å². The van der Waals surface area contributed by atoms with Crippen LogP contribution in [0, 0.1) is 5.92 Å². The average molecular weight is 252 g/mol. The monoisotopic (exact) mass is 252 g/mol. The van der Waals surface area contributed by atoms with E-state index in [1.165, 1.54) is 37.2 Å². The summed E-state index contributed by atoms with van der Waals surface area (Å²) in [5, 5.41) is 4.09. The maximum atomic E-state index is 12.4. The van der Waals surface area contributed by atoms with E-state index in [9.17, 15) is 4.79 Å². The van der Waals surface area contributed by atoms with Gasteiger partial charge in [0.25, 0.3) is 0 Å². The maximum absolute atomic E-state index is 12.4. The Bertz CT molecular complexity index is 367. The molecule has 0 bridgehead atoms. The van der Waals surface area contributed by atoms with Crippen molar-refractivity contribution in [2.24, 2.45) is 5.92 Å². The van der Waals surface area contributed by atoms with Gasteiger partial charge in [0, 0.05) is 5.92 Å². The lowest BCUT2D eigenvalue weighted by Gasteiger charge is -2.11. The zero-order valence-electron chi connectivity index (χ0n) is 10.4. The van der Waals surface area contributed by atoms with Crippen molar-refractivity contribution in [1.29, 1.82) is 0 Å². The molecule has 1 fully saturated rings. The molecule has 0 N–H and O–H groups in total. The summed E-state index contributed by atoms with van der Waals surface area (Å²) in [4.78, 5) is 13.3. The molecule has 1 aliphatic carbocycles. The smallest absolute Gasteiger partial charge is 0.179 e. The van der Waals surface area contributed by atoms with Gasteiger partial charge >= 0.3 is 0 Å². The third-order valence-electron chi connectivity index (χ3n) is 3.49. The summed E-state index contributed by atoms with van der Waals surface area (Å²) >= 11 is 1.29. The van der Waals surface area contributed by atoms with Gasteiger partial charge in [-0.2, -0.15) is 0 Å². The summed E-state index contributed by atoms with van der Waals surface area (Å²) in [6.07, 6.45) is 8.99. The number of carbonyl (C=O) groups excluding carboxylic acids is 1. The van der Waals surface area contributed by atoms with Crippen molar-refractivity contribution in [2.75, 3.05) is 0 Å². The van der Waals surface area contributed by atoms with E-state index in [2.05, 4.69) is 16.5 Å². The predicted octanol–water partition coefficient (Wildman–Crippen LogP) is 3.64. The fourth-order valence-electron chi connectivity index (χ4n) is 2.52. The molecule has 1 aromatic rings. The minimum atomic E-state index is 0.232. The van der Waals surface area contributed by atoms with Crippen LogP contribution in [0.1, 0.15) is 67.2 Å². The van der Waals surface area contributed by atoms with Gasteiger partial charge in [0.15, 0.2) is 5.78 Å². The van der Waals surface area contributed by atoms with E-state index in [0.717, 1.165) is 36.3 Å². The van der Waals surface area contributed by atoms with Gasteiger partial charge in [0.05, 0.1) is 5.69 Å². The van der Waals surface area contributed by atoms with Crippen LogP contribution >= 0.6 is 11.5 Å². The van der Waals surface area contributed by atoms with E-state index in [4.69, 9.17) is 0 Å². The second-order valence-corrected chi connectivity index (χ2v) is 5.61. The Morgan fingerprint density at radius 2 is 2.00 bits per heavy atom. The molecule has 1 aromatic heterocycles. The lowest BCUT2D eigenvalue weighted by atomic mass is 9.93. The van der Waals surface area contributed by atoms with Crippen LogP contribution in [0.4, 0.5) is 0 Å². The zero-order chi connectivity index (χ0) is 12.1. The van der Waals surface area contributed by atoms with E-state index in [1.807, 2.05) is 0 Å². The molecule has 1 heterocycles. The molecule has 0 saturated heterocycles. The number of aryl methyl sites for hydroxylation is 1. The quantitative estimate of drug-likeness (QED) is 0.607. The summed E-state index contributed by atoms with van der Waals surface area (Å²) in [7, 11) is 0. The van der Waals surface area contributed by atoms with Crippen LogP contribution in [-0.2, 0) is 6.42 Å². The summed E-state index contributed by atoms with van der Waals surface area (Å²) in [5.41, 5.74) is 0.923. The van der Waals surface area contributed by atoms with Gasteiger partial charge in [-0.15, -0.1) is 5.10 Å². The first-order valence-electron chi connectivity index (χ1n) is 6.68. The molecule has 0 aromatic carbocycles. The Morgan fingerprint density at radius 1 is 1.29 bits per heavy atom. The first-order chi connectivity index (χ1) is 8.33. The Hall–Kier alpha value is -0.770. The number of hydrogen-bond donors (Lipinski definition) is 0. The van der Waals surface area contributed by atoms with Crippen LogP contribution in [-0.4, -0.2) is 15.4 Å². The molecule has 4 heteroatoms. The Kier molecular flexibility index (Phi) is 4.66. The fourth-order valence-corrected chi connectivity index (χ4v) is 3.25. The minimum absolute atomic E-state index is 0.232. The average Bonchev–Trinajstić information content (AvgIpc) is 2.63. The van der Waals surface area contributed by atoms with Gasteiger partial charge in [-0.1, -0.05) is 43.5 Å². The van der Waals surface area contributed by atoms with E-state index in [-0.39, 0.29) is 5.92 Å². The second-order valence-electron chi connectivity index (χ2n) is 4.85. The van der Waals surface area contributed by atoms with E-state index in [1.54, 1.807) is 0 Å². The van der Waals surface area contributed by atoms with E-state index < -0.39 is 0 Å². The minimum Gasteiger partial charge on any atom is -0.293 e. The van der Waals surface area contributed by atoms with Crippen LogP contribution < -0.4 is 0 Å². The van der Waals surface area contributed by atoms with Crippen LogP contribution in [0.5, 0.6) is 0 Å². The summed E-state index contributed by atoms with van der Waals surface area (Å²) < 4.78 is 3.95. The number of hydrogen-bond acceptors (Lipinski definition) is 4. The Labute approximate surface area is 107 Å². The number of nitrogens with zero attached hydrogens (tertiary/aromatic N) is 2. The van der Waals surface area contributed by atoms with Crippen molar-refractivity contribution < 1.29 is 4.79 Å². The number of rotatable bonds is 4. The third-order valence-corrected chi connectivity index (χ3v) is 4.27. The van der Waals surface area contributed by atoms with Crippen LogP contribution in [0.2, 0.25) is 0 Å². The topological polar surface area (TPSA) is 42.9 Å². The van der Waals surface area contributed by atoms with Gasteiger partial charge in [0.2, 0.25) is 0 Å².